The predicted octanol–water partition coefficient (Wildman–Crippen LogP) is 3.43. The number of benzene rings is 2. The maximum Gasteiger partial charge on any atom is 0.181 e. The molecule has 5 heteroatoms. The van der Waals surface area contributed by atoms with Gasteiger partial charge in [-0.05, 0) is 12.1 Å². The molecule has 0 saturated heterocycles. The number of anilines is 1. The fraction of sp³-hybridized carbons (Fsp3) is 0.0667. The molecule has 4 nitrogen and oxygen atoms in total. The summed E-state index contributed by atoms with van der Waals surface area (Å²) in [5.74, 6) is 0.569. The van der Waals surface area contributed by atoms with Crippen LogP contribution >= 0.6 is 11.3 Å². The molecule has 3 aromatic rings. The van der Waals surface area contributed by atoms with Gasteiger partial charge in [0.05, 0.1) is 17.3 Å². The number of hydrogen-bond acceptors (Lipinski definition) is 5. The number of ether oxygens (including phenoxy) is 1. The number of nitriles is 1. The van der Waals surface area contributed by atoms with Gasteiger partial charge in [0.2, 0.25) is 0 Å². The smallest absolute Gasteiger partial charge is 0.181 e. The zero-order valence-corrected chi connectivity index (χ0v) is 11.6. The highest BCUT2D eigenvalue weighted by Gasteiger charge is 2.14. The number of rotatable bonds is 2. The molecular formula is C15H11N3OS. The summed E-state index contributed by atoms with van der Waals surface area (Å²) in [6.45, 7) is 0. The summed E-state index contributed by atoms with van der Waals surface area (Å²) in [4.78, 5) is 4.28. The summed E-state index contributed by atoms with van der Waals surface area (Å²) in [6, 6.07) is 13.6. The number of fused-ring (bicyclic) bond motifs is 1. The van der Waals surface area contributed by atoms with Crippen LogP contribution in [0.1, 0.15) is 5.56 Å². The van der Waals surface area contributed by atoms with E-state index in [0.717, 1.165) is 21.3 Å². The Morgan fingerprint density at radius 3 is 2.70 bits per heavy atom. The Hall–Kier alpha value is -2.58. The van der Waals surface area contributed by atoms with Gasteiger partial charge in [0, 0.05) is 11.1 Å². The van der Waals surface area contributed by atoms with E-state index in [-0.39, 0.29) is 0 Å². The fourth-order valence-electron chi connectivity index (χ4n) is 2.22. The van der Waals surface area contributed by atoms with E-state index in [1.807, 2.05) is 30.3 Å². The zero-order valence-electron chi connectivity index (χ0n) is 10.8. The number of aromatic nitrogens is 1. The van der Waals surface area contributed by atoms with E-state index in [2.05, 4.69) is 11.1 Å². The minimum Gasteiger partial charge on any atom is -0.495 e. The average Bonchev–Trinajstić information content (AvgIpc) is 2.86. The van der Waals surface area contributed by atoms with Crippen molar-refractivity contribution in [2.45, 2.75) is 0 Å². The third-order valence-corrected chi connectivity index (χ3v) is 4.01. The molecule has 0 bridgehead atoms. The molecular weight excluding hydrogens is 270 g/mol. The molecule has 0 atom stereocenters. The van der Waals surface area contributed by atoms with Crippen molar-refractivity contribution in [1.82, 2.24) is 4.98 Å². The first-order chi connectivity index (χ1) is 9.74. The SMILES string of the molecule is COc1cccc(-c2cccc3nc(N)sc23)c1C#N. The van der Waals surface area contributed by atoms with Crippen molar-refractivity contribution in [3.63, 3.8) is 0 Å². The van der Waals surface area contributed by atoms with Gasteiger partial charge >= 0.3 is 0 Å². The monoisotopic (exact) mass is 281 g/mol. The van der Waals surface area contributed by atoms with Gasteiger partial charge in [0.25, 0.3) is 0 Å². The lowest BCUT2D eigenvalue weighted by Crippen LogP contribution is -1.91. The molecule has 2 N–H and O–H groups in total. The number of nitrogen functional groups attached to an aromatic ring is 1. The third-order valence-electron chi connectivity index (χ3n) is 3.08. The summed E-state index contributed by atoms with van der Waals surface area (Å²) < 4.78 is 6.24. The highest BCUT2D eigenvalue weighted by molar-refractivity contribution is 7.22. The van der Waals surface area contributed by atoms with Crippen molar-refractivity contribution in [3.8, 4) is 22.9 Å². The van der Waals surface area contributed by atoms with E-state index in [9.17, 15) is 5.26 Å². The van der Waals surface area contributed by atoms with Crippen LogP contribution in [-0.2, 0) is 0 Å². The number of hydrogen-bond donors (Lipinski definition) is 1. The van der Waals surface area contributed by atoms with Crippen LogP contribution in [0.3, 0.4) is 0 Å². The molecule has 0 amide bonds. The van der Waals surface area contributed by atoms with Crippen LogP contribution in [-0.4, -0.2) is 12.1 Å². The molecule has 3 rings (SSSR count). The molecule has 0 spiro atoms. The molecule has 0 radical (unpaired) electrons. The Kier molecular flexibility index (Phi) is 3.01. The molecule has 1 heterocycles. The Balaban J connectivity index is 2.34. The Bertz CT molecular complexity index is 833. The molecule has 98 valence electrons. The number of nitrogens with two attached hydrogens (primary N) is 1. The predicted molar refractivity (Wildman–Crippen MR) is 80.7 cm³/mol. The quantitative estimate of drug-likeness (QED) is 0.781. The van der Waals surface area contributed by atoms with E-state index in [1.54, 1.807) is 13.2 Å². The maximum atomic E-state index is 9.40. The molecule has 0 fully saturated rings. The number of nitrogens with zero attached hydrogens (tertiary/aromatic N) is 2. The van der Waals surface area contributed by atoms with E-state index >= 15 is 0 Å². The first-order valence-electron chi connectivity index (χ1n) is 5.97. The lowest BCUT2D eigenvalue weighted by molar-refractivity contribution is 0.413. The third kappa shape index (κ3) is 1.87. The Morgan fingerprint density at radius 1 is 1.20 bits per heavy atom. The molecule has 20 heavy (non-hydrogen) atoms. The van der Waals surface area contributed by atoms with Crippen LogP contribution in [0.2, 0.25) is 0 Å². The summed E-state index contributed by atoms with van der Waals surface area (Å²) in [5.41, 5.74) is 8.93. The topological polar surface area (TPSA) is 71.9 Å². The van der Waals surface area contributed by atoms with Crippen molar-refractivity contribution in [1.29, 1.82) is 5.26 Å². The Morgan fingerprint density at radius 2 is 1.95 bits per heavy atom. The lowest BCUT2D eigenvalue weighted by atomic mass is 9.99. The van der Waals surface area contributed by atoms with E-state index in [0.29, 0.717) is 16.4 Å². The summed E-state index contributed by atoms with van der Waals surface area (Å²) in [6.07, 6.45) is 0. The number of methoxy groups -OCH3 is 1. The Labute approximate surface area is 120 Å². The largest absolute Gasteiger partial charge is 0.495 e. The second-order valence-electron chi connectivity index (χ2n) is 4.20. The normalized spacial score (nSPS) is 10.4. The molecule has 2 aromatic carbocycles. The second kappa shape index (κ2) is 4.83. The molecule has 0 aliphatic carbocycles. The molecule has 0 saturated carbocycles. The second-order valence-corrected chi connectivity index (χ2v) is 5.23. The minimum atomic E-state index is 0.522. The summed E-state index contributed by atoms with van der Waals surface area (Å²) in [7, 11) is 1.56. The summed E-state index contributed by atoms with van der Waals surface area (Å²) >= 11 is 1.42. The van der Waals surface area contributed by atoms with E-state index < -0.39 is 0 Å². The van der Waals surface area contributed by atoms with Crippen LogP contribution in [0.15, 0.2) is 36.4 Å². The van der Waals surface area contributed by atoms with Crippen LogP contribution in [0.4, 0.5) is 5.13 Å². The van der Waals surface area contributed by atoms with E-state index in [4.69, 9.17) is 10.5 Å². The standard InChI is InChI=1S/C15H11N3OS/c1-19-13-7-3-4-9(11(13)8-16)10-5-2-6-12-14(10)20-15(17)18-12/h2-7H,1H3,(H2,17,18). The van der Waals surface area contributed by atoms with Crippen LogP contribution < -0.4 is 10.5 Å². The maximum absolute atomic E-state index is 9.40. The van der Waals surface area contributed by atoms with Crippen molar-refractivity contribution in [2.75, 3.05) is 12.8 Å². The highest BCUT2D eigenvalue weighted by Crippen LogP contribution is 2.37. The first kappa shape index (κ1) is 12.5. The van der Waals surface area contributed by atoms with Crippen LogP contribution in [0.25, 0.3) is 21.3 Å². The first-order valence-corrected chi connectivity index (χ1v) is 6.78. The minimum absolute atomic E-state index is 0.522. The van der Waals surface area contributed by atoms with Gasteiger partial charge < -0.3 is 10.5 Å². The van der Waals surface area contributed by atoms with Gasteiger partial charge in [-0.15, -0.1) is 0 Å². The highest BCUT2D eigenvalue weighted by atomic mass is 32.1. The average molecular weight is 281 g/mol. The van der Waals surface area contributed by atoms with Crippen LogP contribution in [0, 0.1) is 11.3 Å². The van der Waals surface area contributed by atoms with Crippen molar-refractivity contribution in [3.05, 3.63) is 42.0 Å². The lowest BCUT2D eigenvalue weighted by Gasteiger charge is -2.09. The fourth-order valence-corrected chi connectivity index (χ4v) is 3.08. The van der Waals surface area contributed by atoms with Gasteiger partial charge in [-0.2, -0.15) is 5.26 Å². The van der Waals surface area contributed by atoms with Crippen molar-refractivity contribution >= 4 is 26.7 Å². The van der Waals surface area contributed by atoms with Gasteiger partial charge in [-0.1, -0.05) is 35.6 Å². The number of thiazole rings is 1. The van der Waals surface area contributed by atoms with Crippen molar-refractivity contribution in [2.24, 2.45) is 0 Å². The van der Waals surface area contributed by atoms with Crippen LogP contribution in [0.5, 0.6) is 5.75 Å². The summed E-state index contributed by atoms with van der Waals surface area (Å²) in [5, 5.41) is 9.92. The van der Waals surface area contributed by atoms with Gasteiger partial charge in [0.15, 0.2) is 5.13 Å². The molecule has 1 aromatic heterocycles. The molecule has 0 aliphatic heterocycles. The van der Waals surface area contributed by atoms with Gasteiger partial charge in [-0.25, -0.2) is 4.98 Å². The molecule has 0 aliphatic rings. The molecule has 0 unspecified atom stereocenters. The van der Waals surface area contributed by atoms with Crippen molar-refractivity contribution < 1.29 is 4.74 Å². The van der Waals surface area contributed by atoms with Gasteiger partial charge in [-0.3, -0.25) is 0 Å². The zero-order chi connectivity index (χ0) is 14.1. The van der Waals surface area contributed by atoms with E-state index in [1.165, 1.54) is 11.3 Å². The van der Waals surface area contributed by atoms with Gasteiger partial charge in [0.1, 0.15) is 17.4 Å².